The molecule has 2 bridgehead atoms. The lowest BCUT2D eigenvalue weighted by Gasteiger charge is -2.47. The average Bonchev–Trinajstić information content (AvgIpc) is 2.40. The van der Waals surface area contributed by atoms with Gasteiger partial charge in [-0.05, 0) is 55.8 Å². The molecule has 4 heteroatoms. The van der Waals surface area contributed by atoms with Gasteiger partial charge < -0.3 is 0 Å². The fraction of sp³-hybridized carbons (Fsp3) is 0.857. The summed E-state index contributed by atoms with van der Waals surface area (Å²) in [6.07, 6.45) is 10.5. The third-order valence-electron chi connectivity index (χ3n) is 4.74. The predicted molar refractivity (Wildman–Crippen MR) is 67.6 cm³/mol. The first kappa shape index (κ1) is 13.2. The van der Waals surface area contributed by atoms with Gasteiger partial charge >= 0.3 is 0 Å². The highest BCUT2D eigenvalue weighted by molar-refractivity contribution is 5.33. The second kappa shape index (κ2) is 6.63. The lowest BCUT2D eigenvalue weighted by atomic mass is 9.58. The summed E-state index contributed by atoms with van der Waals surface area (Å²) in [5.41, 5.74) is 0. The number of rotatable bonds is 6. The van der Waals surface area contributed by atoms with E-state index in [1.807, 2.05) is 0 Å². The van der Waals surface area contributed by atoms with Gasteiger partial charge in [-0.25, -0.2) is 19.6 Å². The molecule has 0 saturated heterocycles. The maximum atomic E-state index is 10.1. The third-order valence-corrected chi connectivity index (χ3v) is 4.74. The molecule has 0 aliphatic heterocycles. The molecule has 2 atom stereocenters. The van der Waals surface area contributed by atoms with Crippen molar-refractivity contribution in [2.75, 3.05) is 13.1 Å². The molecule has 18 heavy (non-hydrogen) atoms. The molecule has 98 valence electrons. The van der Waals surface area contributed by atoms with Crippen molar-refractivity contribution >= 4 is 12.2 Å². The fourth-order valence-corrected chi connectivity index (χ4v) is 4.04. The Morgan fingerprint density at radius 1 is 0.889 bits per heavy atom. The van der Waals surface area contributed by atoms with Crippen LogP contribution in [0.2, 0.25) is 0 Å². The highest BCUT2D eigenvalue weighted by Gasteiger charge is 2.41. The number of carbonyl (C=O) groups excluding carboxylic acids is 2. The quantitative estimate of drug-likeness (QED) is 0.535. The van der Waals surface area contributed by atoms with Crippen LogP contribution in [0.4, 0.5) is 0 Å². The van der Waals surface area contributed by atoms with Crippen molar-refractivity contribution in [3.8, 4) is 0 Å². The van der Waals surface area contributed by atoms with Gasteiger partial charge in [-0.15, -0.1) is 0 Å². The first-order valence-corrected chi connectivity index (χ1v) is 6.92. The lowest BCUT2D eigenvalue weighted by Crippen LogP contribution is -2.38. The fourth-order valence-electron chi connectivity index (χ4n) is 4.04. The number of fused-ring (bicyclic) bond motifs is 3. The van der Waals surface area contributed by atoms with Crippen LogP contribution in [-0.2, 0) is 9.59 Å². The molecular formula is C14H20N2O2. The SMILES string of the molecule is O=C=NCCC1CC2CCC1C(CCN=C=O)C2. The Morgan fingerprint density at radius 3 is 1.89 bits per heavy atom. The normalized spacial score (nSPS) is 33.6. The molecule has 3 saturated carbocycles. The van der Waals surface area contributed by atoms with Gasteiger partial charge in [0.1, 0.15) is 0 Å². The number of isocyanates is 2. The molecule has 0 amide bonds. The van der Waals surface area contributed by atoms with E-state index in [9.17, 15) is 9.59 Å². The number of hydrogen-bond acceptors (Lipinski definition) is 4. The summed E-state index contributed by atoms with van der Waals surface area (Å²) in [6, 6.07) is 0. The van der Waals surface area contributed by atoms with Gasteiger partial charge in [0.2, 0.25) is 12.2 Å². The Balaban J connectivity index is 1.89. The highest BCUT2D eigenvalue weighted by atomic mass is 16.1. The standard InChI is InChI=1S/C14H20N2O2/c17-9-15-5-3-12-7-11-1-2-14(12)13(8-11)4-6-16-10-18/h11-14H,1-8H2. The molecule has 0 aromatic heterocycles. The van der Waals surface area contributed by atoms with E-state index in [-0.39, 0.29) is 0 Å². The zero-order chi connectivity index (χ0) is 12.8. The molecule has 0 N–H and O–H groups in total. The van der Waals surface area contributed by atoms with E-state index in [0.717, 1.165) is 24.7 Å². The van der Waals surface area contributed by atoms with E-state index in [4.69, 9.17) is 0 Å². The Labute approximate surface area is 108 Å². The molecule has 4 nitrogen and oxygen atoms in total. The first-order chi connectivity index (χ1) is 8.85. The average molecular weight is 248 g/mol. The summed E-state index contributed by atoms with van der Waals surface area (Å²) in [7, 11) is 0. The summed E-state index contributed by atoms with van der Waals surface area (Å²) in [6.45, 7) is 1.24. The van der Waals surface area contributed by atoms with Crippen LogP contribution in [-0.4, -0.2) is 25.2 Å². The van der Waals surface area contributed by atoms with Crippen molar-refractivity contribution in [1.82, 2.24) is 0 Å². The van der Waals surface area contributed by atoms with Gasteiger partial charge in [0.15, 0.2) is 0 Å². The minimum atomic E-state index is 0.622. The van der Waals surface area contributed by atoms with Crippen molar-refractivity contribution < 1.29 is 9.59 Å². The Hall–Kier alpha value is -1.24. The molecular weight excluding hydrogens is 228 g/mol. The molecule has 3 aliphatic rings. The smallest absolute Gasteiger partial charge is 0.211 e. The molecule has 0 radical (unpaired) electrons. The molecule has 0 aromatic rings. The first-order valence-electron chi connectivity index (χ1n) is 6.92. The number of nitrogens with zero attached hydrogens (tertiary/aromatic N) is 2. The van der Waals surface area contributed by atoms with E-state index in [1.165, 1.54) is 25.7 Å². The molecule has 3 rings (SSSR count). The topological polar surface area (TPSA) is 58.9 Å². The van der Waals surface area contributed by atoms with Crippen molar-refractivity contribution in [1.29, 1.82) is 0 Å². The third kappa shape index (κ3) is 3.16. The minimum Gasteiger partial charge on any atom is -0.211 e. The van der Waals surface area contributed by atoms with Gasteiger partial charge in [-0.1, -0.05) is 6.42 Å². The summed E-state index contributed by atoms with van der Waals surface area (Å²) in [5.74, 6) is 3.00. The van der Waals surface area contributed by atoms with E-state index >= 15 is 0 Å². The van der Waals surface area contributed by atoms with Crippen LogP contribution in [0.25, 0.3) is 0 Å². The van der Waals surface area contributed by atoms with Crippen molar-refractivity contribution in [2.24, 2.45) is 33.7 Å². The largest absolute Gasteiger partial charge is 0.234 e. The zero-order valence-corrected chi connectivity index (χ0v) is 10.7. The summed E-state index contributed by atoms with van der Waals surface area (Å²) < 4.78 is 0. The van der Waals surface area contributed by atoms with E-state index in [1.54, 1.807) is 12.2 Å². The summed E-state index contributed by atoms with van der Waals surface area (Å²) in [4.78, 5) is 27.6. The van der Waals surface area contributed by atoms with Gasteiger partial charge in [0.25, 0.3) is 0 Å². The maximum Gasteiger partial charge on any atom is 0.234 e. The highest BCUT2D eigenvalue weighted by Crippen LogP contribution is 2.50. The van der Waals surface area contributed by atoms with Crippen LogP contribution in [0.1, 0.15) is 38.5 Å². The van der Waals surface area contributed by atoms with Crippen LogP contribution >= 0.6 is 0 Å². The molecule has 0 heterocycles. The maximum absolute atomic E-state index is 10.1. The second-order valence-corrected chi connectivity index (χ2v) is 5.62. The van der Waals surface area contributed by atoms with E-state index in [2.05, 4.69) is 9.98 Å². The Morgan fingerprint density at radius 2 is 1.44 bits per heavy atom. The Bertz CT molecular complexity index is 338. The summed E-state index contributed by atoms with van der Waals surface area (Å²) >= 11 is 0. The van der Waals surface area contributed by atoms with Gasteiger partial charge in [-0.2, -0.15) is 0 Å². The van der Waals surface area contributed by atoms with Crippen LogP contribution in [0.3, 0.4) is 0 Å². The van der Waals surface area contributed by atoms with Gasteiger partial charge in [-0.3, -0.25) is 0 Å². The summed E-state index contributed by atoms with van der Waals surface area (Å²) in [5, 5.41) is 0. The van der Waals surface area contributed by atoms with Gasteiger partial charge in [0.05, 0.1) is 13.1 Å². The second-order valence-electron chi connectivity index (χ2n) is 5.62. The van der Waals surface area contributed by atoms with Crippen LogP contribution in [0.15, 0.2) is 9.98 Å². The van der Waals surface area contributed by atoms with Crippen LogP contribution < -0.4 is 0 Å². The monoisotopic (exact) mass is 248 g/mol. The van der Waals surface area contributed by atoms with E-state index < -0.39 is 0 Å². The van der Waals surface area contributed by atoms with Crippen LogP contribution in [0, 0.1) is 23.7 Å². The molecule has 0 aromatic carbocycles. The zero-order valence-electron chi connectivity index (χ0n) is 10.7. The lowest BCUT2D eigenvalue weighted by molar-refractivity contribution is 0.0302. The van der Waals surface area contributed by atoms with E-state index in [0.29, 0.717) is 24.9 Å². The number of aliphatic imine (C=N–C) groups is 2. The Kier molecular flexibility index (Phi) is 4.86. The molecule has 3 fully saturated rings. The predicted octanol–water partition coefficient (Wildman–Crippen LogP) is 2.49. The molecule has 0 spiro atoms. The number of hydrogen-bond donors (Lipinski definition) is 0. The van der Waals surface area contributed by atoms with Crippen molar-refractivity contribution in [2.45, 2.75) is 38.5 Å². The minimum absolute atomic E-state index is 0.622. The van der Waals surface area contributed by atoms with Crippen molar-refractivity contribution in [3.05, 3.63) is 0 Å². The molecule has 2 unspecified atom stereocenters. The van der Waals surface area contributed by atoms with Crippen LogP contribution in [0.5, 0.6) is 0 Å². The van der Waals surface area contributed by atoms with Crippen molar-refractivity contribution in [3.63, 3.8) is 0 Å². The van der Waals surface area contributed by atoms with Gasteiger partial charge in [0, 0.05) is 0 Å². The molecule has 3 aliphatic carbocycles.